The van der Waals surface area contributed by atoms with Gasteiger partial charge in [0.15, 0.2) is 0 Å². The number of pyridine rings is 1. The second-order valence-corrected chi connectivity index (χ2v) is 12.6. The lowest BCUT2D eigenvalue weighted by Gasteiger charge is -2.26. The monoisotopic (exact) mass is 498 g/mol. The molecule has 0 atom stereocenters. The topological polar surface area (TPSA) is 86.1 Å². The number of nitrogens with zero attached hydrogens (tertiary/aromatic N) is 3. The van der Waals surface area contributed by atoms with Crippen molar-refractivity contribution in [1.82, 2.24) is 14.5 Å². The highest BCUT2D eigenvalue weighted by atomic mass is 32.2. The van der Waals surface area contributed by atoms with Crippen LogP contribution in [0.15, 0.2) is 46.3 Å². The highest BCUT2D eigenvalue weighted by Gasteiger charge is 2.27. The molecule has 0 spiro atoms. The van der Waals surface area contributed by atoms with Crippen LogP contribution in [0.3, 0.4) is 0 Å². The first-order valence-corrected chi connectivity index (χ1v) is 14.1. The third-order valence-electron chi connectivity index (χ3n) is 6.74. The van der Waals surface area contributed by atoms with Crippen LogP contribution in [0.1, 0.15) is 65.1 Å². The van der Waals surface area contributed by atoms with Gasteiger partial charge in [0.05, 0.1) is 20.8 Å². The van der Waals surface area contributed by atoms with Crippen molar-refractivity contribution in [2.75, 3.05) is 25.6 Å². The summed E-state index contributed by atoms with van der Waals surface area (Å²) >= 11 is 0. The van der Waals surface area contributed by atoms with Crippen LogP contribution in [-0.4, -0.2) is 43.2 Å². The van der Waals surface area contributed by atoms with Gasteiger partial charge in [-0.2, -0.15) is 0 Å². The van der Waals surface area contributed by atoms with Crippen molar-refractivity contribution >= 4 is 26.7 Å². The van der Waals surface area contributed by atoms with Gasteiger partial charge in [-0.25, -0.2) is 18.4 Å². The molecule has 0 saturated heterocycles. The normalized spacial score (nSPS) is 15.5. The van der Waals surface area contributed by atoms with E-state index in [9.17, 15) is 8.42 Å². The van der Waals surface area contributed by atoms with Crippen LogP contribution in [0.25, 0.3) is 11.0 Å². The van der Waals surface area contributed by atoms with Crippen molar-refractivity contribution < 1.29 is 13.2 Å². The van der Waals surface area contributed by atoms with Gasteiger partial charge in [0.2, 0.25) is 9.84 Å². The van der Waals surface area contributed by atoms with E-state index >= 15 is 0 Å². The summed E-state index contributed by atoms with van der Waals surface area (Å²) < 4.78 is 34.4. The highest BCUT2D eigenvalue weighted by Crippen LogP contribution is 2.33. The summed E-state index contributed by atoms with van der Waals surface area (Å²) in [5.74, 6) is 2.20. The molecule has 1 fully saturated rings. The van der Waals surface area contributed by atoms with Crippen molar-refractivity contribution in [2.24, 2.45) is 5.92 Å². The first-order valence-electron chi connectivity index (χ1n) is 12.6. The van der Waals surface area contributed by atoms with E-state index < -0.39 is 9.84 Å². The number of methoxy groups -OCH3 is 1. The van der Waals surface area contributed by atoms with E-state index in [0.29, 0.717) is 24.9 Å². The maximum Gasteiger partial charge on any atom is 0.206 e. The molecule has 0 unspecified atom stereocenters. The van der Waals surface area contributed by atoms with Crippen LogP contribution in [0.5, 0.6) is 0 Å². The molecule has 0 radical (unpaired) electrons. The minimum absolute atomic E-state index is 0.138. The second kappa shape index (κ2) is 10.7. The summed E-state index contributed by atoms with van der Waals surface area (Å²) in [6.07, 6.45) is 8.75. The van der Waals surface area contributed by atoms with E-state index in [1.54, 1.807) is 31.4 Å². The fraction of sp³-hybridized carbons (Fsp3) is 0.556. The predicted octanol–water partition coefficient (Wildman–Crippen LogP) is 5.59. The number of aromatic nitrogens is 3. The van der Waals surface area contributed by atoms with Gasteiger partial charge < -0.3 is 14.6 Å². The third-order valence-corrected chi connectivity index (χ3v) is 8.49. The first kappa shape index (κ1) is 25.6. The summed E-state index contributed by atoms with van der Waals surface area (Å²) in [7, 11) is -2.05. The summed E-state index contributed by atoms with van der Waals surface area (Å²) in [5.41, 5.74) is 1.61. The molecule has 1 aromatic carbocycles. The number of nitrogens with one attached hydrogen (secondary N) is 1. The Morgan fingerprint density at radius 2 is 1.83 bits per heavy atom. The average Bonchev–Trinajstić information content (AvgIpc) is 3.21. The SMILES string of the molecule is COCCCNc1cc(S(=O)(=O)c2ccc3c(c2)nc(C(C)(C)C)n3CC2CCCCC2)ccn1. The number of imidazole rings is 1. The zero-order valence-electron chi connectivity index (χ0n) is 21.4. The van der Waals surface area contributed by atoms with Gasteiger partial charge in [0.1, 0.15) is 11.6 Å². The fourth-order valence-electron chi connectivity index (χ4n) is 4.91. The Kier molecular flexibility index (Phi) is 7.81. The zero-order chi connectivity index (χ0) is 25.1. The number of ether oxygens (including phenoxy) is 1. The zero-order valence-corrected chi connectivity index (χ0v) is 22.2. The Morgan fingerprint density at radius 3 is 2.54 bits per heavy atom. The maximum absolute atomic E-state index is 13.5. The lowest BCUT2D eigenvalue weighted by molar-refractivity contribution is 0.197. The molecule has 7 nitrogen and oxygen atoms in total. The number of rotatable bonds is 9. The average molecular weight is 499 g/mol. The van der Waals surface area contributed by atoms with Crippen molar-refractivity contribution in [3.8, 4) is 0 Å². The van der Waals surface area contributed by atoms with Crippen LogP contribution < -0.4 is 5.32 Å². The van der Waals surface area contributed by atoms with E-state index in [-0.39, 0.29) is 15.2 Å². The molecule has 2 heterocycles. The Bertz CT molecular complexity index is 1260. The molecule has 1 N–H and O–H groups in total. The molecule has 3 aromatic rings. The highest BCUT2D eigenvalue weighted by molar-refractivity contribution is 7.91. The molecule has 1 saturated carbocycles. The number of hydrogen-bond acceptors (Lipinski definition) is 6. The van der Waals surface area contributed by atoms with E-state index in [1.807, 2.05) is 6.07 Å². The predicted molar refractivity (Wildman–Crippen MR) is 140 cm³/mol. The van der Waals surface area contributed by atoms with E-state index in [4.69, 9.17) is 9.72 Å². The fourth-order valence-corrected chi connectivity index (χ4v) is 6.20. The first-order chi connectivity index (χ1) is 16.7. The molecule has 8 heteroatoms. The van der Waals surface area contributed by atoms with Gasteiger partial charge in [0.25, 0.3) is 0 Å². The van der Waals surface area contributed by atoms with E-state index in [1.165, 1.54) is 38.3 Å². The van der Waals surface area contributed by atoms with Crippen molar-refractivity contribution in [3.05, 3.63) is 42.4 Å². The molecule has 0 bridgehead atoms. The van der Waals surface area contributed by atoms with Gasteiger partial charge in [-0.05, 0) is 55.5 Å². The van der Waals surface area contributed by atoms with Crippen LogP contribution in [0.2, 0.25) is 0 Å². The Balaban J connectivity index is 1.66. The van der Waals surface area contributed by atoms with E-state index in [2.05, 4.69) is 35.6 Å². The summed E-state index contributed by atoms with van der Waals surface area (Å²) in [6, 6.07) is 8.51. The molecule has 190 valence electrons. The number of benzene rings is 1. The number of sulfone groups is 1. The minimum Gasteiger partial charge on any atom is -0.385 e. The van der Waals surface area contributed by atoms with Crippen LogP contribution in [0, 0.1) is 5.92 Å². The van der Waals surface area contributed by atoms with E-state index in [0.717, 1.165) is 29.8 Å². The molecule has 1 aliphatic rings. The van der Waals surface area contributed by atoms with Crippen molar-refractivity contribution in [1.29, 1.82) is 0 Å². The maximum atomic E-state index is 13.5. The number of anilines is 1. The summed E-state index contributed by atoms with van der Waals surface area (Å²) in [5, 5.41) is 3.17. The molecule has 1 aliphatic carbocycles. The lowest BCUT2D eigenvalue weighted by atomic mass is 9.88. The van der Waals surface area contributed by atoms with Gasteiger partial charge in [-0.3, -0.25) is 0 Å². The second-order valence-electron chi connectivity index (χ2n) is 10.6. The summed E-state index contributed by atoms with van der Waals surface area (Å²) in [6.45, 7) is 8.74. The van der Waals surface area contributed by atoms with Crippen LogP contribution in [-0.2, 0) is 26.5 Å². The molecule has 2 aromatic heterocycles. The molecule has 0 amide bonds. The Labute approximate surface area is 209 Å². The number of hydrogen-bond donors (Lipinski definition) is 1. The van der Waals surface area contributed by atoms with Gasteiger partial charge in [-0.15, -0.1) is 0 Å². The molecule has 4 rings (SSSR count). The third kappa shape index (κ3) is 5.86. The Morgan fingerprint density at radius 1 is 1.09 bits per heavy atom. The molecular weight excluding hydrogens is 460 g/mol. The van der Waals surface area contributed by atoms with Crippen LogP contribution in [0.4, 0.5) is 5.82 Å². The number of fused-ring (bicyclic) bond motifs is 1. The van der Waals surface area contributed by atoms with Gasteiger partial charge in [0, 0.05) is 38.4 Å². The molecular formula is C27H38N4O3S. The van der Waals surface area contributed by atoms with Gasteiger partial charge >= 0.3 is 0 Å². The standard InChI is InChI=1S/C27H38N4O3S/c1-27(2,3)26-30-23-17-21(11-12-24(23)31(26)19-20-9-6-5-7-10-20)35(32,33)22-13-15-29-25(18-22)28-14-8-16-34-4/h11-13,15,17-18,20H,5-10,14,16,19H2,1-4H3,(H,28,29). The Hall–Kier alpha value is -2.45. The van der Waals surface area contributed by atoms with Gasteiger partial charge in [-0.1, -0.05) is 40.0 Å². The van der Waals surface area contributed by atoms with Crippen LogP contribution >= 0.6 is 0 Å². The molecule has 0 aliphatic heterocycles. The minimum atomic E-state index is -3.71. The lowest BCUT2D eigenvalue weighted by Crippen LogP contribution is -2.22. The smallest absolute Gasteiger partial charge is 0.206 e. The quantitative estimate of drug-likeness (QED) is 0.387. The summed E-state index contributed by atoms with van der Waals surface area (Å²) in [4.78, 5) is 9.69. The largest absolute Gasteiger partial charge is 0.385 e. The van der Waals surface area contributed by atoms with Crippen molar-refractivity contribution in [3.63, 3.8) is 0 Å². The molecule has 35 heavy (non-hydrogen) atoms. The van der Waals surface area contributed by atoms with Crippen molar-refractivity contribution in [2.45, 2.75) is 81.0 Å².